The molecule has 3 rings (SSSR count). The molecule has 1 N–H and O–H groups in total. The Morgan fingerprint density at radius 3 is 2.37 bits per heavy atom. The van der Waals surface area contributed by atoms with Crippen molar-refractivity contribution in [2.75, 3.05) is 13.6 Å². The molecule has 0 aromatic heterocycles. The van der Waals surface area contributed by atoms with E-state index in [-0.39, 0.29) is 12.6 Å². The van der Waals surface area contributed by atoms with Crippen molar-refractivity contribution in [3.05, 3.63) is 77.9 Å². The zero-order valence-corrected chi connectivity index (χ0v) is 15.8. The SMILES string of the molecule is CC(Cc1ccc(OCc2ccc3ccccc3c2)cc1)N(C)CC(=O)O. The number of fused-ring (bicyclic) bond motifs is 1. The summed E-state index contributed by atoms with van der Waals surface area (Å²) in [7, 11) is 1.83. The van der Waals surface area contributed by atoms with E-state index >= 15 is 0 Å². The van der Waals surface area contributed by atoms with Gasteiger partial charge in [-0.3, -0.25) is 9.69 Å². The molecule has 140 valence electrons. The van der Waals surface area contributed by atoms with E-state index in [1.807, 2.05) is 55.3 Å². The number of carbonyl (C=O) groups is 1. The Bertz CT molecular complexity index is 905. The fraction of sp³-hybridized carbons (Fsp3) is 0.261. The van der Waals surface area contributed by atoms with Crippen molar-refractivity contribution in [1.82, 2.24) is 4.90 Å². The number of carboxylic acid groups (broad SMARTS) is 1. The van der Waals surface area contributed by atoms with Crippen molar-refractivity contribution in [3.63, 3.8) is 0 Å². The lowest BCUT2D eigenvalue weighted by atomic mass is 10.1. The number of hydrogen-bond acceptors (Lipinski definition) is 3. The second-order valence-corrected chi connectivity index (χ2v) is 6.98. The van der Waals surface area contributed by atoms with Crippen LogP contribution < -0.4 is 4.74 Å². The highest BCUT2D eigenvalue weighted by Gasteiger charge is 2.12. The van der Waals surface area contributed by atoms with Gasteiger partial charge in [-0.1, -0.05) is 48.5 Å². The minimum Gasteiger partial charge on any atom is -0.489 e. The summed E-state index contributed by atoms with van der Waals surface area (Å²) in [5.41, 5.74) is 2.31. The summed E-state index contributed by atoms with van der Waals surface area (Å²) < 4.78 is 5.91. The molecule has 0 radical (unpaired) electrons. The molecule has 1 unspecified atom stereocenters. The number of carboxylic acids is 1. The summed E-state index contributed by atoms with van der Waals surface area (Å²) in [5.74, 6) is 0.0280. The normalized spacial score (nSPS) is 12.3. The van der Waals surface area contributed by atoms with Gasteiger partial charge in [0.25, 0.3) is 0 Å². The molecular formula is C23H25NO3. The molecule has 0 amide bonds. The lowest BCUT2D eigenvalue weighted by Crippen LogP contribution is -2.35. The third-order valence-electron chi connectivity index (χ3n) is 4.81. The molecule has 0 spiro atoms. The van der Waals surface area contributed by atoms with Crippen molar-refractivity contribution in [1.29, 1.82) is 0 Å². The standard InChI is InChI=1S/C23H25NO3/c1-17(24(2)15-23(25)26)13-18-8-11-22(12-9-18)27-16-19-7-10-20-5-3-4-6-21(20)14-19/h3-12,14,17H,13,15-16H2,1-2H3,(H,25,26). The molecule has 27 heavy (non-hydrogen) atoms. The fourth-order valence-electron chi connectivity index (χ4n) is 3.08. The summed E-state index contributed by atoms with van der Waals surface area (Å²) in [5, 5.41) is 11.3. The van der Waals surface area contributed by atoms with Crippen molar-refractivity contribution in [3.8, 4) is 5.75 Å². The van der Waals surface area contributed by atoms with E-state index in [1.165, 1.54) is 10.8 Å². The first-order valence-electron chi connectivity index (χ1n) is 9.13. The highest BCUT2D eigenvalue weighted by atomic mass is 16.5. The van der Waals surface area contributed by atoms with Crippen LogP contribution in [-0.4, -0.2) is 35.6 Å². The second-order valence-electron chi connectivity index (χ2n) is 6.98. The molecule has 0 bridgehead atoms. The smallest absolute Gasteiger partial charge is 0.317 e. The first-order chi connectivity index (χ1) is 13.0. The molecule has 3 aromatic carbocycles. The van der Waals surface area contributed by atoms with Crippen molar-refractivity contribution >= 4 is 16.7 Å². The average Bonchev–Trinajstić information content (AvgIpc) is 2.66. The number of likely N-dealkylation sites (N-methyl/N-ethyl adjacent to an activating group) is 1. The molecule has 0 saturated carbocycles. The predicted octanol–water partition coefficient (Wildman–Crippen LogP) is 4.37. The van der Waals surface area contributed by atoms with Crippen LogP contribution in [0.3, 0.4) is 0 Å². The first-order valence-corrected chi connectivity index (χ1v) is 9.13. The largest absolute Gasteiger partial charge is 0.489 e. The van der Waals surface area contributed by atoms with Gasteiger partial charge in [-0.15, -0.1) is 0 Å². The third-order valence-corrected chi connectivity index (χ3v) is 4.81. The topological polar surface area (TPSA) is 49.8 Å². The summed E-state index contributed by atoms with van der Waals surface area (Å²) in [6, 6.07) is 22.9. The highest BCUT2D eigenvalue weighted by Crippen LogP contribution is 2.19. The van der Waals surface area contributed by atoms with E-state index in [1.54, 1.807) is 0 Å². The Kier molecular flexibility index (Phi) is 6.09. The maximum Gasteiger partial charge on any atom is 0.317 e. The minimum absolute atomic E-state index is 0.0497. The number of aliphatic carboxylic acids is 1. The van der Waals surface area contributed by atoms with E-state index in [4.69, 9.17) is 9.84 Å². The molecule has 3 aromatic rings. The van der Waals surface area contributed by atoms with E-state index in [9.17, 15) is 4.79 Å². The fourth-order valence-corrected chi connectivity index (χ4v) is 3.08. The summed E-state index contributed by atoms with van der Waals surface area (Å²) >= 11 is 0. The summed E-state index contributed by atoms with van der Waals surface area (Å²) in [6.07, 6.45) is 0.800. The van der Waals surface area contributed by atoms with Crippen LogP contribution in [-0.2, 0) is 17.8 Å². The highest BCUT2D eigenvalue weighted by molar-refractivity contribution is 5.82. The van der Waals surface area contributed by atoms with Gasteiger partial charge in [0, 0.05) is 6.04 Å². The Balaban J connectivity index is 1.56. The summed E-state index contributed by atoms with van der Waals surface area (Å²) in [4.78, 5) is 12.7. The van der Waals surface area contributed by atoms with Crippen LogP contribution in [0.5, 0.6) is 5.75 Å². The van der Waals surface area contributed by atoms with Crippen LogP contribution in [0.1, 0.15) is 18.1 Å². The second kappa shape index (κ2) is 8.69. The molecule has 0 heterocycles. The molecule has 0 aliphatic carbocycles. The number of nitrogens with zero attached hydrogens (tertiary/aromatic N) is 1. The summed E-state index contributed by atoms with van der Waals surface area (Å²) in [6.45, 7) is 2.61. The van der Waals surface area contributed by atoms with Crippen LogP contribution in [0, 0.1) is 0 Å². The molecule has 4 heteroatoms. The molecule has 4 nitrogen and oxygen atoms in total. The lowest BCUT2D eigenvalue weighted by molar-refractivity contribution is -0.138. The molecule has 0 aliphatic rings. The van der Waals surface area contributed by atoms with Crippen molar-refractivity contribution < 1.29 is 14.6 Å². The Morgan fingerprint density at radius 2 is 1.67 bits per heavy atom. The molecule has 0 fully saturated rings. The molecule has 0 saturated heterocycles. The van der Waals surface area contributed by atoms with Crippen LogP contribution in [0.15, 0.2) is 66.7 Å². The molecular weight excluding hydrogens is 338 g/mol. The Morgan fingerprint density at radius 1 is 1.00 bits per heavy atom. The zero-order chi connectivity index (χ0) is 19.2. The van der Waals surface area contributed by atoms with Crippen molar-refractivity contribution in [2.24, 2.45) is 0 Å². The number of rotatable bonds is 8. The Hall–Kier alpha value is -2.85. The van der Waals surface area contributed by atoms with E-state index < -0.39 is 5.97 Å². The minimum atomic E-state index is -0.804. The predicted molar refractivity (Wildman–Crippen MR) is 108 cm³/mol. The number of benzene rings is 3. The van der Waals surface area contributed by atoms with Gasteiger partial charge < -0.3 is 9.84 Å². The van der Waals surface area contributed by atoms with E-state index in [2.05, 4.69) is 30.3 Å². The first kappa shape index (κ1) is 18.9. The van der Waals surface area contributed by atoms with Gasteiger partial charge in [0.05, 0.1) is 6.54 Å². The van der Waals surface area contributed by atoms with Gasteiger partial charge in [0.1, 0.15) is 12.4 Å². The third kappa shape index (κ3) is 5.31. The van der Waals surface area contributed by atoms with Crippen molar-refractivity contribution in [2.45, 2.75) is 26.0 Å². The van der Waals surface area contributed by atoms with Gasteiger partial charge in [0.2, 0.25) is 0 Å². The van der Waals surface area contributed by atoms with Gasteiger partial charge in [0.15, 0.2) is 0 Å². The number of hydrogen-bond donors (Lipinski definition) is 1. The Labute approximate surface area is 160 Å². The maximum absolute atomic E-state index is 10.8. The maximum atomic E-state index is 10.8. The zero-order valence-electron chi connectivity index (χ0n) is 15.8. The van der Waals surface area contributed by atoms with Gasteiger partial charge in [-0.2, -0.15) is 0 Å². The van der Waals surface area contributed by atoms with Crippen LogP contribution in [0.4, 0.5) is 0 Å². The van der Waals surface area contributed by atoms with E-state index in [0.717, 1.165) is 23.3 Å². The van der Waals surface area contributed by atoms with Crippen LogP contribution >= 0.6 is 0 Å². The van der Waals surface area contributed by atoms with Crippen LogP contribution in [0.2, 0.25) is 0 Å². The molecule has 1 atom stereocenters. The average molecular weight is 363 g/mol. The van der Waals surface area contributed by atoms with E-state index in [0.29, 0.717) is 6.61 Å². The number of ether oxygens (including phenoxy) is 1. The molecule has 0 aliphatic heterocycles. The van der Waals surface area contributed by atoms with Gasteiger partial charge in [-0.05, 0) is 60.5 Å². The monoisotopic (exact) mass is 363 g/mol. The van der Waals surface area contributed by atoms with Crippen LogP contribution in [0.25, 0.3) is 10.8 Å². The van der Waals surface area contributed by atoms with Gasteiger partial charge >= 0.3 is 5.97 Å². The quantitative estimate of drug-likeness (QED) is 0.646. The van der Waals surface area contributed by atoms with Gasteiger partial charge in [-0.25, -0.2) is 0 Å². The lowest BCUT2D eigenvalue weighted by Gasteiger charge is -2.22.